The summed E-state index contributed by atoms with van der Waals surface area (Å²) in [6.45, 7) is 0.972. The lowest BCUT2D eigenvalue weighted by Gasteiger charge is -2.41. The lowest BCUT2D eigenvalue weighted by Crippen LogP contribution is -2.58. The molecule has 118 valence electrons. The first kappa shape index (κ1) is 15.6. The lowest BCUT2D eigenvalue weighted by atomic mass is 9.85. The van der Waals surface area contributed by atoms with Crippen LogP contribution in [0.4, 0.5) is 4.79 Å². The largest absolute Gasteiger partial charge is 0.480 e. The van der Waals surface area contributed by atoms with Crippen LogP contribution in [0.3, 0.4) is 0 Å². The summed E-state index contributed by atoms with van der Waals surface area (Å²) in [7, 11) is 1.39. The van der Waals surface area contributed by atoms with Crippen LogP contribution >= 0.6 is 0 Å². The van der Waals surface area contributed by atoms with Crippen LogP contribution in [0.25, 0.3) is 0 Å². The molecule has 0 aromatic rings. The van der Waals surface area contributed by atoms with E-state index < -0.39 is 18.0 Å². The van der Waals surface area contributed by atoms with Gasteiger partial charge in [0.25, 0.3) is 0 Å². The van der Waals surface area contributed by atoms with Gasteiger partial charge in [-0.2, -0.15) is 0 Å². The van der Waals surface area contributed by atoms with E-state index in [2.05, 4.69) is 10.6 Å². The van der Waals surface area contributed by atoms with Gasteiger partial charge in [-0.1, -0.05) is 0 Å². The molecule has 0 aromatic heterocycles. The number of hydrogen-bond donors (Lipinski definition) is 3. The van der Waals surface area contributed by atoms with Gasteiger partial charge in [-0.15, -0.1) is 0 Å². The number of rotatable bonds is 4. The summed E-state index contributed by atoms with van der Waals surface area (Å²) in [4.78, 5) is 36.1. The van der Waals surface area contributed by atoms with E-state index in [0.717, 1.165) is 6.42 Å². The zero-order chi connectivity index (χ0) is 15.4. The molecule has 0 bridgehead atoms. The maximum absolute atomic E-state index is 12.1. The minimum Gasteiger partial charge on any atom is -0.480 e. The van der Waals surface area contributed by atoms with E-state index in [9.17, 15) is 14.4 Å². The molecule has 21 heavy (non-hydrogen) atoms. The van der Waals surface area contributed by atoms with Crippen molar-refractivity contribution < 1.29 is 24.2 Å². The summed E-state index contributed by atoms with van der Waals surface area (Å²) < 4.78 is 4.79. The summed E-state index contributed by atoms with van der Waals surface area (Å²) in [5, 5.41) is 14.4. The number of carbonyl (C=O) groups excluding carboxylic acids is 2. The van der Waals surface area contributed by atoms with E-state index in [4.69, 9.17) is 9.84 Å². The van der Waals surface area contributed by atoms with Gasteiger partial charge in [0, 0.05) is 32.7 Å². The van der Waals surface area contributed by atoms with Gasteiger partial charge in [0.1, 0.15) is 0 Å². The number of methoxy groups -OCH3 is 1. The van der Waals surface area contributed by atoms with Crippen molar-refractivity contribution in [3.8, 4) is 0 Å². The third-order valence-electron chi connectivity index (χ3n) is 4.04. The van der Waals surface area contributed by atoms with Gasteiger partial charge < -0.3 is 25.4 Å². The van der Waals surface area contributed by atoms with E-state index in [-0.39, 0.29) is 24.5 Å². The van der Waals surface area contributed by atoms with Crippen molar-refractivity contribution in [1.82, 2.24) is 15.5 Å². The number of aliphatic carboxylic acids is 1. The molecule has 0 aromatic carbocycles. The van der Waals surface area contributed by atoms with Crippen molar-refractivity contribution in [1.29, 1.82) is 0 Å². The molecule has 3 atom stereocenters. The van der Waals surface area contributed by atoms with Crippen molar-refractivity contribution >= 4 is 17.9 Å². The lowest BCUT2D eigenvalue weighted by molar-refractivity contribution is -0.140. The maximum Gasteiger partial charge on any atom is 0.328 e. The topological polar surface area (TPSA) is 108 Å². The first-order chi connectivity index (χ1) is 10.0. The fourth-order valence-corrected chi connectivity index (χ4v) is 2.88. The SMILES string of the molecule is COCC(NC(=O)N1CCC2NC(=O)CCC2C1)C(=O)O. The van der Waals surface area contributed by atoms with Crippen molar-refractivity contribution in [3.05, 3.63) is 0 Å². The highest BCUT2D eigenvalue weighted by molar-refractivity contribution is 5.83. The molecular formula is C13H21N3O5. The molecule has 2 rings (SSSR count). The molecule has 3 unspecified atom stereocenters. The summed E-state index contributed by atoms with van der Waals surface area (Å²) in [6, 6.07) is -1.31. The molecule has 2 aliphatic rings. The Kier molecular flexibility index (Phi) is 5.00. The quantitative estimate of drug-likeness (QED) is 0.642. The second-order valence-corrected chi connectivity index (χ2v) is 5.50. The van der Waals surface area contributed by atoms with Crippen molar-refractivity contribution in [2.75, 3.05) is 26.8 Å². The van der Waals surface area contributed by atoms with Gasteiger partial charge in [0.15, 0.2) is 6.04 Å². The summed E-state index contributed by atoms with van der Waals surface area (Å²) >= 11 is 0. The fourth-order valence-electron chi connectivity index (χ4n) is 2.88. The molecule has 8 heteroatoms. The second kappa shape index (κ2) is 6.75. The normalized spacial score (nSPS) is 26.5. The third kappa shape index (κ3) is 3.84. The molecule has 2 aliphatic heterocycles. The number of carboxylic acids is 1. The van der Waals surface area contributed by atoms with E-state index in [1.165, 1.54) is 7.11 Å². The zero-order valence-corrected chi connectivity index (χ0v) is 12.0. The molecule has 2 saturated heterocycles. The van der Waals surface area contributed by atoms with Crippen LogP contribution < -0.4 is 10.6 Å². The van der Waals surface area contributed by atoms with Crippen molar-refractivity contribution in [2.45, 2.75) is 31.3 Å². The number of carbonyl (C=O) groups is 3. The Morgan fingerprint density at radius 1 is 1.52 bits per heavy atom. The number of likely N-dealkylation sites (tertiary alicyclic amines) is 1. The number of amides is 3. The highest BCUT2D eigenvalue weighted by atomic mass is 16.5. The number of nitrogens with one attached hydrogen (secondary N) is 2. The predicted molar refractivity (Wildman–Crippen MR) is 72.7 cm³/mol. The molecule has 0 saturated carbocycles. The smallest absolute Gasteiger partial charge is 0.328 e. The van der Waals surface area contributed by atoms with Crippen LogP contribution in [0.1, 0.15) is 19.3 Å². The Morgan fingerprint density at radius 2 is 2.29 bits per heavy atom. The Hall–Kier alpha value is -1.83. The average molecular weight is 299 g/mol. The van der Waals surface area contributed by atoms with E-state index in [1.54, 1.807) is 4.90 Å². The molecule has 3 amide bonds. The molecular weight excluding hydrogens is 278 g/mol. The maximum atomic E-state index is 12.1. The fraction of sp³-hybridized carbons (Fsp3) is 0.769. The molecule has 0 radical (unpaired) electrons. The van der Waals surface area contributed by atoms with Crippen LogP contribution in [-0.2, 0) is 14.3 Å². The number of hydrogen-bond acceptors (Lipinski definition) is 4. The van der Waals surface area contributed by atoms with Gasteiger partial charge in [-0.25, -0.2) is 9.59 Å². The van der Waals surface area contributed by atoms with Gasteiger partial charge in [-0.05, 0) is 18.8 Å². The van der Waals surface area contributed by atoms with Gasteiger partial charge in [0.2, 0.25) is 5.91 Å². The standard InChI is InChI=1S/C13H21N3O5/c1-21-7-10(12(18)19)15-13(20)16-5-4-9-8(6-16)2-3-11(17)14-9/h8-10H,2-7H2,1H3,(H,14,17)(H,15,20)(H,18,19). The Morgan fingerprint density at radius 3 is 2.95 bits per heavy atom. The first-order valence-corrected chi connectivity index (χ1v) is 7.07. The van der Waals surface area contributed by atoms with Crippen molar-refractivity contribution in [3.63, 3.8) is 0 Å². The number of nitrogens with zero attached hydrogens (tertiary/aromatic N) is 1. The highest BCUT2D eigenvalue weighted by Crippen LogP contribution is 2.25. The van der Waals surface area contributed by atoms with E-state index in [0.29, 0.717) is 25.9 Å². The average Bonchev–Trinajstić information content (AvgIpc) is 2.45. The Bertz CT molecular complexity index is 428. The molecule has 8 nitrogen and oxygen atoms in total. The monoisotopic (exact) mass is 299 g/mol. The van der Waals surface area contributed by atoms with Crippen LogP contribution in [0.15, 0.2) is 0 Å². The van der Waals surface area contributed by atoms with Crippen LogP contribution in [0, 0.1) is 5.92 Å². The first-order valence-electron chi connectivity index (χ1n) is 7.07. The number of piperidine rings is 2. The summed E-state index contributed by atoms with van der Waals surface area (Å²) in [6.07, 6.45) is 1.95. The number of ether oxygens (including phenoxy) is 1. The second-order valence-electron chi connectivity index (χ2n) is 5.50. The Balaban J connectivity index is 1.89. The minimum atomic E-state index is -1.12. The molecule has 0 spiro atoms. The van der Waals surface area contributed by atoms with Gasteiger partial charge in [-0.3, -0.25) is 4.79 Å². The minimum absolute atomic E-state index is 0.0696. The number of fused-ring (bicyclic) bond motifs is 1. The summed E-state index contributed by atoms with van der Waals surface area (Å²) in [5.41, 5.74) is 0. The molecule has 2 fully saturated rings. The predicted octanol–water partition coefficient (Wildman–Crippen LogP) is -0.604. The molecule has 3 N–H and O–H groups in total. The zero-order valence-electron chi connectivity index (χ0n) is 12.0. The Labute approximate surface area is 122 Å². The molecule has 0 aliphatic carbocycles. The molecule has 2 heterocycles. The van der Waals surface area contributed by atoms with E-state index >= 15 is 0 Å². The number of carboxylic acid groups (broad SMARTS) is 1. The van der Waals surface area contributed by atoms with Crippen LogP contribution in [-0.4, -0.2) is 66.8 Å². The van der Waals surface area contributed by atoms with Crippen molar-refractivity contribution in [2.24, 2.45) is 5.92 Å². The van der Waals surface area contributed by atoms with Crippen LogP contribution in [0.5, 0.6) is 0 Å². The van der Waals surface area contributed by atoms with Crippen LogP contribution in [0.2, 0.25) is 0 Å². The highest BCUT2D eigenvalue weighted by Gasteiger charge is 2.36. The van der Waals surface area contributed by atoms with E-state index in [1.807, 2.05) is 0 Å². The van der Waals surface area contributed by atoms with Gasteiger partial charge >= 0.3 is 12.0 Å². The van der Waals surface area contributed by atoms with Gasteiger partial charge in [0.05, 0.1) is 6.61 Å². The summed E-state index contributed by atoms with van der Waals surface area (Å²) in [5.74, 6) is -0.807. The number of urea groups is 1. The third-order valence-corrected chi connectivity index (χ3v) is 4.04.